The molecule has 0 aliphatic rings. The van der Waals surface area contributed by atoms with Crippen molar-refractivity contribution in [2.75, 3.05) is 5.32 Å². The number of amides is 2. The lowest BCUT2D eigenvalue weighted by atomic mass is 10.2. The minimum Gasteiger partial charge on any atom is -0.452 e. The number of hydrogen-bond acceptors (Lipinski definition) is 4. The van der Waals surface area contributed by atoms with Crippen LogP contribution in [0.25, 0.3) is 0 Å². The molecule has 2 rings (SSSR count). The van der Waals surface area contributed by atoms with E-state index in [1.165, 1.54) is 13.0 Å². The summed E-state index contributed by atoms with van der Waals surface area (Å²) in [5, 5.41) is 5.99. The van der Waals surface area contributed by atoms with Crippen LogP contribution in [0.3, 0.4) is 0 Å². The molecule has 2 atom stereocenters. The zero-order valence-corrected chi connectivity index (χ0v) is 16.9. The van der Waals surface area contributed by atoms with Crippen LogP contribution in [0, 0.1) is 0 Å². The summed E-state index contributed by atoms with van der Waals surface area (Å²) in [6.45, 7) is 3.12. The normalized spacial score (nSPS) is 12.6. The molecule has 2 aromatic rings. The largest absolute Gasteiger partial charge is 0.452 e. The van der Waals surface area contributed by atoms with Crippen LogP contribution in [0.15, 0.2) is 48.5 Å². The molecule has 8 heteroatoms. The molecule has 0 fully saturated rings. The van der Waals surface area contributed by atoms with Gasteiger partial charge in [-0.25, -0.2) is 0 Å². The zero-order valence-electron chi connectivity index (χ0n) is 15.4. The van der Waals surface area contributed by atoms with E-state index in [4.69, 9.17) is 27.9 Å². The Labute approximate surface area is 173 Å². The summed E-state index contributed by atoms with van der Waals surface area (Å²) in [4.78, 5) is 36.3. The Balaban J connectivity index is 1.83. The molecule has 0 heterocycles. The van der Waals surface area contributed by atoms with Gasteiger partial charge in [-0.1, -0.05) is 41.4 Å². The van der Waals surface area contributed by atoms with Gasteiger partial charge in [-0.2, -0.15) is 0 Å². The third-order valence-corrected chi connectivity index (χ3v) is 4.31. The second-order valence-corrected chi connectivity index (χ2v) is 7.03. The van der Waals surface area contributed by atoms with E-state index >= 15 is 0 Å². The van der Waals surface area contributed by atoms with Gasteiger partial charge in [0.15, 0.2) is 6.10 Å². The Bertz CT molecular complexity index is 859. The summed E-state index contributed by atoms with van der Waals surface area (Å²) in [7, 11) is 0. The highest BCUT2D eigenvalue weighted by molar-refractivity contribution is 6.35. The number of halogens is 2. The predicted molar refractivity (Wildman–Crippen MR) is 109 cm³/mol. The first-order chi connectivity index (χ1) is 13.3. The first-order valence-corrected chi connectivity index (χ1v) is 9.33. The van der Waals surface area contributed by atoms with Gasteiger partial charge in [-0.3, -0.25) is 14.4 Å². The number of carbonyl (C=O) groups is 3. The summed E-state index contributed by atoms with van der Waals surface area (Å²) in [6, 6.07) is 12.8. The van der Waals surface area contributed by atoms with Crippen molar-refractivity contribution in [3.8, 4) is 0 Å². The van der Waals surface area contributed by atoms with Gasteiger partial charge in [0.25, 0.3) is 11.8 Å². The first kappa shape index (κ1) is 21.7. The lowest BCUT2D eigenvalue weighted by Gasteiger charge is -2.17. The average Bonchev–Trinajstić information content (AvgIpc) is 2.65. The fourth-order valence-electron chi connectivity index (χ4n) is 2.32. The van der Waals surface area contributed by atoms with Crippen molar-refractivity contribution in [3.05, 3.63) is 64.1 Å². The minimum atomic E-state index is -1.04. The Morgan fingerprint density at radius 3 is 2.39 bits per heavy atom. The van der Waals surface area contributed by atoms with Gasteiger partial charge < -0.3 is 15.4 Å². The Morgan fingerprint density at radius 2 is 1.71 bits per heavy atom. The topological polar surface area (TPSA) is 84.5 Å². The van der Waals surface area contributed by atoms with Crippen LogP contribution < -0.4 is 10.6 Å². The van der Waals surface area contributed by atoms with Crippen molar-refractivity contribution >= 4 is 46.7 Å². The molecular formula is C20H20Cl2N2O4. The maximum absolute atomic E-state index is 12.2. The van der Waals surface area contributed by atoms with Gasteiger partial charge in [0.1, 0.15) is 0 Å². The van der Waals surface area contributed by atoms with E-state index in [1.54, 1.807) is 49.4 Å². The average molecular weight is 423 g/mol. The molecule has 0 bridgehead atoms. The molecule has 0 saturated carbocycles. The highest BCUT2D eigenvalue weighted by atomic mass is 35.5. The quantitative estimate of drug-likeness (QED) is 0.658. The van der Waals surface area contributed by atoms with E-state index in [0.717, 1.165) is 0 Å². The van der Waals surface area contributed by atoms with Crippen molar-refractivity contribution in [1.29, 1.82) is 0 Å². The second kappa shape index (κ2) is 10.1. The molecule has 2 unspecified atom stereocenters. The fraction of sp³-hybridized carbons (Fsp3) is 0.250. The lowest BCUT2D eigenvalue weighted by Crippen LogP contribution is -2.36. The molecule has 6 nitrogen and oxygen atoms in total. The molecule has 2 amide bonds. The number of rotatable bonds is 7. The van der Waals surface area contributed by atoms with E-state index in [-0.39, 0.29) is 12.3 Å². The van der Waals surface area contributed by atoms with Crippen LogP contribution in [-0.4, -0.2) is 29.9 Å². The molecule has 0 radical (unpaired) electrons. The van der Waals surface area contributed by atoms with E-state index in [9.17, 15) is 14.4 Å². The molecule has 0 aliphatic carbocycles. The summed E-state index contributed by atoms with van der Waals surface area (Å²) < 4.78 is 5.13. The third kappa shape index (κ3) is 6.55. The molecule has 28 heavy (non-hydrogen) atoms. The fourth-order valence-corrected chi connectivity index (χ4v) is 2.66. The SMILES string of the molecule is CC(CC(=O)OC(C)C(=O)Nc1cc(Cl)ccc1Cl)NC(=O)c1ccccc1. The summed E-state index contributed by atoms with van der Waals surface area (Å²) in [5.74, 6) is -1.44. The van der Waals surface area contributed by atoms with Crippen LogP contribution in [0.2, 0.25) is 10.0 Å². The van der Waals surface area contributed by atoms with Gasteiger partial charge in [-0.15, -0.1) is 0 Å². The molecule has 0 aliphatic heterocycles. The first-order valence-electron chi connectivity index (χ1n) is 8.57. The van der Waals surface area contributed by atoms with Gasteiger partial charge in [0.2, 0.25) is 0 Å². The molecule has 2 N–H and O–H groups in total. The molecular weight excluding hydrogens is 403 g/mol. The monoisotopic (exact) mass is 422 g/mol. The molecule has 148 valence electrons. The van der Waals surface area contributed by atoms with E-state index in [0.29, 0.717) is 21.3 Å². The summed E-state index contributed by atoms with van der Waals surface area (Å²) in [6.07, 6.45) is -1.12. The minimum absolute atomic E-state index is 0.0753. The van der Waals surface area contributed by atoms with Crippen molar-refractivity contribution in [2.45, 2.75) is 32.4 Å². The van der Waals surface area contributed by atoms with Gasteiger partial charge in [0.05, 0.1) is 17.1 Å². The van der Waals surface area contributed by atoms with Crippen molar-refractivity contribution in [1.82, 2.24) is 5.32 Å². The number of nitrogens with one attached hydrogen (secondary N) is 2. The second-order valence-electron chi connectivity index (χ2n) is 6.19. The number of hydrogen-bond donors (Lipinski definition) is 2. The number of carbonyl (C=O) groups excluding carboxylic acids is 3. The highest BCUT2D eigenvalue weighted by Crippen LogP contribution is 2.25. The summed E-state index contributed by atoms with van der Waals surface area (Å²) >= 11 is 11.9. The smallest absolute Gasteiger partial charge is 0.308 e. The Hall–Kier alpha value is -2.57. The standard InChI is InChI=1S/C20H20Cl2N2O4/c1-12(23-20(27)14-6-4-3-5-7-14)10-18(25)28-13(2)19(26)24-17-11-15(21)8-9-16(17)22/h3-9,11-13H,10H2,1-2H3,(H,23,27)(H,24,26). The van der Waals surface area contributed by atoms with Crippen LogP contribution >= 0.6 is 23.2 Å². The van der Waals surface area contributed by atoms with Crippen molar-refractivity contribution in [2.24, 2.45) is 0 Å². The van der Waals surface area contributed by atoms with E-state index in [2.05, 4.69) is 10.6 Å². The van der Waals surface area contributed by atoms with Crippen LogP contribution in [0.1, 0.15) is 30.6 Å². The predicted octanol–water partition coefficient (Wildman–Crippen LogP) is 4.07. The van der Waals surface area contributed by atoms with E-state index in [1.807, 2.05) is 0 Å². The Morgan fingerprint density at radius 1 is 1.04 bits per heavy atom. The number of benzene rings is 2. The molecule has 0 saturated heterocycles. The highest BCUT2D eigenvalue weighted by Gasteiger charge is 2.21. The van der Waals surface area contributed by atoms with E-state index < -0.39 is 24.0 Å². The lowest BCUT2D eigenvalue weighted by molar-refractivity contribution is -0.153. The van der Waals surface area contributed by atoms with Gasteiger partial charge >= 0.3 is 5.97 Å². The number of esters is 1. The molecule has 2 aromatic carbocycles. The van der Waals surface area contributed by atoms with Gasteiger partial charge in [0, 0.05) is 16.6 Å². The van der Waals surface area contributed by atoms with Crippen molar-refractivity contribution in [3.63, 3.8) is 0 Å². The van der Waals surface area contributed by atoms with Crippen molar-refractivity contribution < 1.29 is 19.1 Å². The molecule has 0 aromatic heterocycles. The number of anilines is 1. The summed E-state index contributed by atoms with van der Waals surface area (Å²) in [5.41, 5.74) is 0.819. The van der Waals surface area contributed by atoms with Crippen LogP contribution in [0.5, 0.6) is 0 Å². The maximum atomic E-state index is 12.2. The third-order valence-electron chi connectivity index (χ3n) is 3.75. The Kier molecular flexibility index (Phi) is 7.84. The maximum Gasteiger partial charge on any atom is 0.308 e. The van der Waals surface area contributed by atoms with Crippen LogP contribution in [0.4, 0.5) is 5.69 Å². The van der Waals surface area contributed by atoms with Crippen LogP contribution in [-0.2, 0) is 14.3 Å². The van der Waals surface area contributed by atoms with Gasteiger partial charge in [-0.05, 0) is 44.2 Å². The zero-order chi connectivity index (χ0) is 20.7. The number of ether oxygens (including phenoxy) is 1. The molecule has 0 spiro atoms.